The van der Waals surface area contributed by atoms with Crippen LogP contribution in [0, 0.1) is 0 Å². The Kier molecular flexibility index (Phi) is 3.12. The Morgan fingerprint density at radius 2 is 2.25 bits per heavy atom. The molecule has 0 fully saturated rings. The first-order valence-corrected chi connectivity index (χ1v) is 2.59. The monoisotopic (exact) mass is 113 g/mol. The number of rotatable bonds is 0. The predicted octanol–water partition coefficient (Wildman–Crippen LogP) is 1.46. The smallest absolute Gasteiger partial charge is 0.155 e. The molecule has 1 rings (SSSR count). The molecule has 8 heavy (non-hydrogen) atoms. The Morgan fingerprint density at radius 1 is 1.50 bits per heavy atom. The number of carbonyl (C=O) groups is 1. The van der Waals surface area contributed by atoms with Gasteiger partial charge in [0.25, 0.3) is 0 Å². The van der Waals surface area contributed by atoms with E-state index >= 15 is 0 Å². The van der Waals surface area contributed by atoms with Crippen molar-refractivity contribution in [3.63, 3.8) is 0 Å². The lowest BCUT2D eigenvalue weighted by Crippen LogP contribution is -1.95. The van der Waals surface area contributed by atoms with Gasteiger partial charge in [0.2, 0.25) is 0 Å². The molecule has 0 aromatic heterocycles. The maximum atomic E-state index is 10.4. The lowest BCUT2D eigenvalue weighted by molar-refractivity contribution is -0.114. The van der Waals surface area contributed by atoms with E-state index < -0.39 is 0 Å². The second-order valence-electron chi connectivity index (χ2n) is 1.76. The summed E-state index contributed by atoms with van der Waals surface area (Å²) in [6.07, 6.45) is 6.51. The van der Waals surface area contributed by atoms with Crippen LogP contribution in [0.5, 0.6) is 0 Å². The van der Waals surface area contributed by atoms with Crippen molar-refractivity contribution in [3.8, 4) is 0 Å². The minimum absolute atomic E-state index is 0. The molecular formula is C6H11NO. The van der Waals surface area contributed by atoms with Gasteiger partial charge in [0, 0.05) is 6.42 Å². The largest absolute Gasteiger partial charge is 0.344 e. The third-order valence-corrected chi connectivity index (χ3v) is 1.10. The number of hydrogen-bond acceptors (Lipinski definition) is 2. The minimum atomic E-state index is 0. The van der Waals surface area contributed by atoms with E-state index in [4.69, 9.17) is 0 Å². The predicted molar refractivity (Wildman–Crippen MR) is 33.0 cm³/mol. The van der Waals surface area contributed by atoms with Crippen molar-refractivity contribution in [2.75, 3.05) is 0 Å². The molecule has 46 valence electrons. The van der Waals surface area contributed by atoms with Crippen molar-refractivity contribution >= 4 is 5.78 Å². The molecule has 0 saturated heterocycles. The highest BCUT2D eigenvalue weighted by atomic mass is 16.1. The standard InChI is InChI=1S/C6H8O.H3N/c7-6-4-2-1-3-5-6;/h2,4H,1,3,5H2;1H3. The molecule has 0 saturated carbocycles. The SMILES string of the molecule is N.O=C1C=CCCC1. The molecule has 0 atom stereocenters. The van der Waals surface area contributed by atoms with Crippen molar-refractivity contribution in [1.82, 2.24) is 6.15 Å². The summed E-state index contributed by atoms with van der Waals surface area (Å²) in [4.78, 5) is 10.4. The molecule has 0 radical (unpaired) electrons. The molecule has 2 heteroatoms. The Balaban J connectivity index is 0.000000490. The molecule has 0 spiro atoms. The van der Waals surface area contributed by atoms with Crippen LogP contribution >= 0.6 is 0 Å². The molecule has 0 aromatic carbocycles. The summed E-state index contributed by atoms with van der Waals surface area (Å²) in [7, 11) is 0. The van der Waals surface area contributed by atoms with E-state index in [-0.39, 0.29) is 11.9 Å². The van der Waals surface area contributed by atoms with Crippen LogP contribution in [-0.4, -0.2) is 5.78 Å². The Hall–Kier alpha value is -0.630. The van der Waals surface area contributed by atoms with Gasteiger partial charge in [-0.3, -0.25) is 4.79 Å². The maximum Gasteiger partial charge on any atom is 0.155 e. The molecule has 0 amide bonds. The topological polar surface area (TPSA) is 52.1 Å². The number of allylic oxidation sites excluding steroid dienone is 2. The van der Waals surface area contributed by atoms with Gasteiger partial charge in [-0.25, -0.2) is 0 Å². The highest BCUT2D eigenvalue weighted by Crippen LogP contribution is 2.04. The van der Waals surface area contributed by atoms with Crippen LogP contribution in [-0.2, 0) is 4.79 Å². The molecule has 0 bridgehead atoms. The zero-order valence-electron chi connectivity index (χ0n) is 4.89. The number of carbonyl (C=O) groups excluding carboxylic acids is 1. The summed E-state index contributed by atoms with van der Waals surface area (Å²) >= 11 is 0. The van der Waals surface area contributed by atoms with E-state index in [2.05, 4.69) is 0 Å². The maximum absolute atomic E-state index is 10.4. The van der Waals surface area contributed by atoms with Gasteiger partial charge in [-0.1, -0.05) is 6.08 Å². The molecule has 1 aliphatic carbocycles. The fourth-order valence-corrected chi connectivity index (χ4v) is 0.692. The lowest BCUT2D eigenvalue weighted by Gasteiger charge is -1.97. The van der Waals surface area contributed by atoms with Gasteiger partial charge < -0.3 is 6.15 Å². The van der Waals surface area contributed by atoms with Crippen LogP contribution in [0.2, 0.25) is 0 Å². The van der Waals surface area contributed by atoms with E-state index in [0.29, 0.717) is 0 Å². The molecule has 3 N–H and O–H groups in total. The second kappa shape index (κ2) is 3.38. The third kappa shape index (κ3) is 1.89. The van der Waals surface area contributed by atoms with Crippen molar-refractivity contribution in [3.05, 3.63) is 12.2 Å². The van der Waals surface area contributed by atoms with Gasteiger partial charge in [-0.2, -0.15) is 0 Å². The first-order valence-electron chi connectivity index (χ1n) is 2.59. The summed E-state index contributed by atoms with van der Waals surface area (Å²) in [5.74, 6) is 0.284. The van der Waals surface area contributed by atoms with Crippen LogP contribution in [0.4, 0.5) is 0 Å². The third-order valence-electron chi connectivity index (χ3n) is 1.10. The molecule has 0 heterocycles. The average molecular weight is 113 g/mol. The van der Waals surface area contributed by atoms with E-state index in [1.165, 1.54) is 0 Å². The van der Waals surface area contributed by atoms with Gasteiger partial charge in [0.05, 0.1) is 0 Å². The van der Waals surface area contributed by atoms with Crippen molar-refractivity contribution in [2.24, 2.45) is 0 Å². The van der Waals surface area contributed by atoms with Crippen LogP contribution in [0.1, 0.15) is 19.3 Å². The zero-order valence-corrected chi connectivity index (χ0v) is 4.89. The number of hydrogen-bond donors (Lipinski definition) is 1. The Bertz CT molecular complexity index is 107. The van der Waals surface area contributed by atoms with E-state index in [0.717, 1.165) is 19.3 Å². The minimum Gasteiger partial charge on any atom is -0.344 e. The zero-order chi connectivity index (χ0) is 5.11. The molecule has 0 aromatic rings. The molecule has 2 nitrogen and oxygen atoms in total. The first-order chi connectivity index (χ1) is 3.39. The van der Waals surface area contributed by atoms with Gasteiger partial charge in [0.1, 0.15) is 0 Å². The van der Waals surface area contributed by atoms with Crippen molar-refractivity contribution in [2.45, 2.75) is 19.3 Å². The normalized spacial score (nSPS) is 17.8. The number of ketones is 1. The average Bonchev–Trinajstić information content (AvgIpc) is 1.69. The van der Waals surface area contributed by atoms with Gasteiger partial charge in [-0.15, -0.1) is 0 Å². The van der Waals surface area contributed by atoms with E-state index in [9.17, 15) is 4.79 Å². The van der Waals surface area contributed by atoms with Crippen LogP contribution < -0.4 is 6.15 Å². The van der Waals surface area contributed by atoms with Gasteiger partial charge in [-0.05, 0) is 18.9 Å². The van der Waals surface area contributed by atoms with E-state index in [1.807, 2.05) is 6.08 Å². The highest BCUT2D eigenvalue weighted by molar-refractivity contribution is 5.90. The lowest BCUT2D eigenvalue weighted by atomic mass is 10.1. The summed E-state index contributed by atoms with van der Waals surface area (Å²) in [6.45, 7) is 0. The van der Waals surface area contributed by atoms with Crippen molar-refractivity contribution in [1.29, 1.82) is 0 Å². The van der Waals surface area contributed by atoms with Gasteiger partial charge in [0.15, 0.2) is 5.78 Å². The summed E-state index contributed by atoms with van der Waals surface area (Å²) in [5.41, 5.74) is 0. The van der Waals surface area contributed by atoms with Crippen LogP contribution in [0.25, 0.3) is 0 Å². The fraction of sp³-hybridized carbons (Fsp3) is 0.500. The Morgan fingerprint density at radius 3 is 2.50 bits per heavy atom. The van der Waals surface area contributed by atoms with Crippen LogP contribution in [0.15, 0.2) is 12.2 Å². The second-order valence-corrected chi connectivity index (χ2v) is 1.76. The van der Waals surface area contributed by atoms with Gasteiger partial charge >= 0.3 is 0 Å². The Labute approximate surface area is 49.2 Å². The molecular weight excluding hydrogens is 102 g/mol. The first kappa shape index (κ1) is 7.37. The summed E-state index contributed by atoms with van der Waals surface area (Å²) < 4.78 is 0. The highest BCUT2D eigenvalue weighted by Gasteiger charge is 1.98. The van der Waals surface area contributed by atoms with E-state index in [1.54, 1.807) is 6.08 Å². The fourth-order valence-electron chi connectivity index (χ4n) is 0.692. The molecule has 1 aliphatic rings. The quantitative estimate of drug-likeness (QED) is 0.517. The van der Waals surface area contributed by atoms with Crippen molar-refractivity contribution < 1.29 is 4.79 Å². The summed E-state index contributed by atoms with van der Waals surface area (Å²) in [6, 6.07) is 0. The van der Waals surface area contributed by atoms with Crippen LogP contribution in [0.3, 0.4) is 0 Å². The molecule has 0 aliphatic heterocycles. The molecule has 0 unspecified atom stereocenters. The summed E-state index contributed by atoms with van der Waals surface area (Å²) in [5, 5.41) is 0.